The average molecular weight is 320 g/mol. The van der Waals surface area contributed by atoms with E-state index in [0.29, 0.717) is 24.8 Å². The van der Waals surface area contributed by atoms with Gasteiger partial charge in [-0.25, -0.2) is 8.42 Å². The Bertz CT molecular complexity index is 500. The van der Waals surface area contributed by atoms with Crippen molar-refractivity contribution in [2.24, 2.45) is 0 Å². The second kappa shape index (κ2) is 7.86. The van der Waals surface area contributed by atoms with E-state index in [-0.39, 0.29) is 10.9 Å². The number of hydrogen-bond acceptors (Lipinski definition) is 3. The van der Waals surface area contributed by atoms with Gasteiger partial charge in [-0.15, -0.1) is 11.6 Å². The second-order valence-electron chi connectivity index (χ2n) is 4.66. The molecule has 0 atom stereocenters. The minimum Gasteiger partial charge on any atom is -0.494 e. The Kier molecular flexibility index (Phi) is 6.79. The summed E-state index contributed by atoms with van der Waals surface area (Å²) in [6.07, 6.45) is 0.762. The lowest BCUT2D eigenvalue weighted by Crippen LogP contribution is -2.36. The standard InChI is InChI=1S/C14H22ClNO3S/c1-4-16(12(2)3)20(17,18)14-8-6-13(7-9-14)19-11-5-10-15/h6-9,12H,4-5,10-11H2,1-3H3. The molecule has 1 aromatic rings. The normalized spacial score (nSPS) is 12.1. The van der Waals surface area contributed by atoms with Gasteiger partial charge >= 0.3 is 0 Å². The monoisotopic (exact) mass is 319 g/mol. The van der Waals surface area contributed by atoms with Gasteiger partial charge in [0.2, 0.25) is 10.0 Å². The Hall–Kier alpha value is -0.780. The van der Waals surface area contributed by atoms with Crippen molar-refractivity contribution in [3.63, 3.8) is 0 Å². The maximum atomic E-state index is 12.4. The van der Waals surface area contributed by atoms with Crippen molar-refractivity contribution in [3.05, 3.63) is 24.3 Å². The molecule has 0 spiro atoms. The fourth-order valence-electron chi connectivity index (χ4n) is 1.90. The van der Waals surface area contributed by atoms with Crippen LogP contribution >= 0.6 is 11.6 Å². The molecule has 20 heavy (non-hydrogen) atoms. The van der Waals surface area contributed by atoms with Crippen LogP contribution in [0.2, 0.25) is 0 Å². The van der Waals surface area contributed by atoms with Crippen LogP contribution in [0.5, 0.6) is 5.75 Å². The third-order valence-electron chi connectivity index (χ3n) is 2.86. The molecule has 114 valence electrons. The van der Waals surface area contributed by atoms with Crippen molar-refractivity contribution < 1.29 is 13.2 Å². The van der Waals surface area contributed by atoms with Crippen LogP contribution in [-0.2, 0) is 10.0 Å². The number of ether oxygens (including phenoxy) is 1. The summed E-state index contributed by atoms with van der Waals surface area (Å²) in [5, 5.41) is 0. The van der Waals surface area contributed by atoms with E-state index in [1.807, 2.05) is 20.8 Å². The van der Waals surface area contributed by atoms with Gasteiger partial charge in [0.05, 0.1) is 11.5 Å². The van der Waals surface area contributed by atoms with E-state index in [9.17, 15) is 8.42 Å². The molecule has 0 aromatic heterocycles. The number of hydrogen-bond donors (Lipinski definition) is 0. The van der Waals surface area contributed by atoms with E-state index in [1.54, 1.807) is 24.3 Å². The molecular formula is C14H22ClNO3S. The highest BCUT2D eigenvalue weighted by atomic mass is 35.5. The summed E-state index contributed by atoms with van der Waals surface area (Å²) in [4.78, 5) is 0.290. The van der Waals surface area contributed by atoms with E-state index in [2.05, 4.69) is 0 Å². The highest BCUT2D eigenvalue weighted by Gasteiger charge is 2.25. The lowest BCUT2D eigenvalue weighted by Gasteiger charge is -2.24. The van der Waals surface area contributed by atoms with Crippen molar-refractivity contribution in [3.8, 4) is 5.75 Å². The Balaban J connectivity index is 2.86. The predicted octanol–water partition coefficient (Wildman–Crippen LogP) is 3.11. The SMILES string of the molecule is CCN(C(C)C)S(=O)(=O)c1ccc(OCCCCl)cc1. The summed E-state index contributed by atoms with van der Waals surface area (Å²) in [6, 6.07) is 6.45. The molecule has 0 N–H and O–H groups in total. The maximum absolute atomic E-state index is 12.4. The van der Waals surface area contributed by atoms with Gasteiger partial charge in [0, 0.05) is 18.5 Å². The summed E-state index contributed by atoms with van der Waals surface area (Å²) >= 11 is 5.57. The molecule has 1 rings (SSSR count). The van der Waals surface area contributed by atoms with Crippen LogP contribution in [-0.4, -0.2) is 37.8 Å². The van der Waals surface area contributed by atoms with Crippen LogP contribution in [0.4, 0.5) is 0 Å². The first kappa shape index (κ1) is 17.3. The predicted molar refractivity (Wildman–Crippen MR) is 82.0 cm³/mol. The van der Waals surface area contributed by atoms with E-state index >= 15 is 0 Å². The summed E-state index contributed by atoms with van der Waals surface area (Å²) in [5.41, 5.74) is 0. The van der Waals surface area contributed by atoms with Gasteiger partial charge in [0.25, 0.3) is 0 Å². The molecule has 0 aliphatic carbocycles. The highest BCUT2D eigenvalue weighted by Crippen LogP contribution is 2.21. The molecule has 0 saturated carbocycles. The van der Waals surface area contributed by atoms with Crippen LogP contribution in [0.3, 0.4) is 0 Å². The quantitative estimate of drug-likeness (QED) is 0.546. The van der Waals surface area contributed by atoms with Crippen LogP contribution in [0.1, 0.15) is 27.2 Å². The van der Waals surface area contributed by atoms with E-state index in [0.717, 1.165) is 6.42 Å². The second-order valence-corrected chi connectivity index (χ2v) is 6.93. The molecule has 0 saturated heterocycles. The third kappa shape index (κ3) is 4.36. The van der Waals surface area contributed by atoms with Crippen molar-refractivity contribution in [2.75, 3.05) is 19.0 Å². The van der Waals surface area contributed by atoms with E-state index < -0.39 is 10.0 Å². The zero-order valence-electron chi connectivity index (χ0n) is 12.2. The summed E-state index contributed by atoms with van der Waals surface area (Å²) < 4.78 is 31.8. The molecule has 0 fully saturated rings. The first-order chi connectivity index (χ1) is 9.43. The Labute approximate surface area is 126 Å². The van der Waals surface area contributed by atoms with Gasteiger partial charge in [-0.1, -0.05) is 6.92 Å². The maximum Gasteiger partial charge on any atom is 0.243 e. The summed E-state index contributed by atoms with van der Waals surface area (Å²) in [5.74, 6) is 1.20. The fourth-order valence-corrected chi connectivity index (χ4v) is 3.66. The summed E-state index contributed by atoms with van der Waals surface area (Å²) in [7, 11) is -3.44. The number of sulfonamides is 1. The lowest BCUT2D eigenvalue weighted by atomic mass is 10.3. The molecule has 4 nitrogen and oxygen atoms in total. The summed E-state index contributed by atoms with van der Waals surface area (Å²) in [6.45, 7) is 6.55. The van der Waals surface area contributed by atoms with Crippen molar-refractivity contribution in [1.29, 1.82) is 0 Å². The van der Waals surface area contributed by atoms with Crippen LogP contribution in [0, 0.1) is 0 Å². The van der Waals surface area contributed by atoms with Gasteiger partial charge in [0.15, 0.2) is 0 Å². The molecular weight excluding hydrogens is 298 g/mol. The molecule has 0 bridgehead atoms. The van der Waals surface area contributed by atoms with Crippen LogP contribution in [0.15, 0.2) is 29.2 Å². The van der Waals surface area contributed by atoms with E-state index in [1.165, 1.54) is 4.31 Å². The minimum atomic E-state index is -3.44. The molecule has 6 heteroatoms. The van der Waals surface area contributed by atoms with Gasteiger partial charge in [-0.3, -0.25) is 0 Å². The third-order valence-corrected chi connectivity index (χ3v) is 5.30. The van der Waals surface area contributed by atoms with Crippen LogP contribution < -0.4 is 4.74 Å². The Morgan fingerprint density at radius 2 is 1.85 bits per heavy atom. The zero-order valence-corrected chi connectivity index (χ0v) is 13.7. The van der Waals surface area contributed by atoms with Crippen molar-refractivity contribution >= 4 is 21.6 Å². The molecule has 0 aliphatic heterocycles. The Morgan fingerprint density at radius 3 is 2.30 bits per heavy atom. The van der Waals surface area contributed by atoms with Gasteiger partial charge in [0.1, 0.15) is 5.75 Å². The zero-order chi connectivity index (χ0) is 15.2. The van der Waals surface area contributed by atoms with Gasteiger partial charge in [-0.2, -0.15) is 4.31 Å². The lowest BCUT2D eigenvalue weighted by molar-refractivity contribution is 0.318. The molecule has 0 radical (unpaired) electrons. The molecule has 0 aliphatic rings. The topological polar surface area (TPSA) is 46.6 Å². The number of nitrogens with zero attached hydrogens (tertiary/aromatic N) is 1. The Morgan fingerprint density at radius 1 is 1.25 bits per heavy atom. The molecule has 0 heterocycles. The highest BCUT2D eigenvalue weighted by molar-refractivity contribution is 7.89. The number of alkyl halides is 1. The largest absolute Gasteiger partial charge is 0.494 e. The number of rotatable bonds is 8. The van der Waals surface area contributed by atoms with E-state index in [4.69, 9.17) is 16.3 Å². The molecule has 0 amide bonds. The van der Waals surface area contributed by atoms with Crippen molar-refractivity contribution in [1.82, 2.24) is 4.31 Å². The fraction of sp³-hybridized carbons (Fsp3) is 0.571. The number of benzene rings is 1. The first-order valence-electron chi connectivity index (χ1n) is 6.74. The smallest absolute Gasteiger partial charge is 0.243 e. The minimum absolute atomic E-state index is 0.0651. The van der Waals surface area contributed by atoms with Gasteiger partial charge in [-0.05, 0) is 44.5 Å². The van der Waals surface area contributed by atoms with Crippen LogP contribution in [0.25, 0.3) is 0 Å². The first-order valence-corrected chi connectivity index (χ1v) is 8.71. The molecule has 0 unspecified atom stereocenters. The average Bonchev–Trinajstić information content (AvgIpc) is 2.39. The number of halogens is 1. The van der Waals surface area contributed by atoms with Crippen molar-refractivity contribution in [2.45, 2.75) is 38.1 Å². The van der Waals surface area contributed by atoms with Gasteiger partial charge < -0.3 is 4.74 Å². The molecule has 1 aromatic carbocycles.